The molecule has 0 aromatic carbocycles. The summed E-state index contributed by atoms with van der Waals surface area (Å²) < 4.78 is 0. The summed E-state index contributed by atoms with van der Waals surface area (Å²) in [7, 11) is 0. The third-order valence-electron chi connectivity index (χ3n) is 3.07. The van der Waals surface area contributed by atoms with Crippen LogP contribution in [0.1, 0.15) is 51.9 Å². The molecule has 0 amide bonds. The summed E-state index contributed by atoms with van der Waals surface area (Å²) in [6, 6.07) is 0. The average molecular weight is 257 g/mol. The zero-order chi connectivity index (χ0) is 8.10. The van der Waals surface area contributed by atoms with Crippen LogP contribution in [0, 0.1) is 18.8 Å². The zero-order valence-corrected chi connectivity index (χ0v) is 11.9. The maximum Gasteiger partial charge on any atom is 2.00 e. The maximum atomic E-state index is 3.98. The molecule has 1 fully saturated rings. The number of hydrogen-bond donors (Lipinski definition) is 0. The van der Waals surface area contributed by atoms with Crippen LogP contribution in [0.3, 0.4) is 0 Å². The Morgan fingerprint density at radius 2 is 1.54 bits per heavy atom. The van der Waals surface area contributed by atoms with Gasteiger partial charge in [0.05, 0.1) is 0 Å². The Labute approximate surface area is 110 Å². The van der Waals surface area contributed by atoms with Gasteiger partial charge in [0, 0.05) is 0 Å². The van der Waals surface area contributed by atoms with Gasteiger partial charge in [0.15, 0.2) is 0 Å². The van der Waals surface area contributed by atoms with Crippen molar-refractivity contribution in [3.63, 3.8) is 0 Å². The molecule has 13 heavy (non-hydrogen) atoms. The summed E-state index contributed by atoms with van der Waals surface area (Å²) in [6.07, 6.45) is 9.87. The molecule has 1 rings (SSSR count). The molecule has 0 aromatic rings. The van der Waals surface area contributed by atoms with Gasteiger partial charge in [-0.1, -0.05) is 51.4 Å². The molecule has 1 saturated carbocycles. The molecular formula is C11H21BrMg. The third kappa shape index (κ3) is 6.35. The molecule has 1 aliphatic carbocycles. The van der Waals surface area contributed by atoms with E-state index in [9.17, 15) is 0 Å². The second-order valence-corrected chi connectivity index (χ2v) is 3.96. The van der Waals surface area contributed by atoms with Crippen molar-refractivity contribution in [2.24, 2.45) is 11.8 Å². The molecule has 0 aliphatic heterocycles. The van der Waals surface area contributed by atoms with E-state index in [2.05, 4.69) is 13.8 Å². The van der Waals surface area contributed by atoms with E-state index in [0.717, 1.165) is 11.8 Å². The second-order valence-electron chi connectivity index (χ2n) is 3.96. The van der Waals surface area contributed by atoms with Crippen molar-refractivity contribution in [1.29, 1.82) is 0 Å². The van der Waals surface area contributed by atoms with Crippen LogP contribution in [0.2, 0.25) is 0 Å². The Balaban J connectivity index is 0. The monoisotopic (exact) mass is 256 g/mol. The van der Waals surface area contributed by atoms with Crippen molar-refractivity contribution in [2.75, 3.05) is 0 Å². The summed E-state index contributed by atoms with van der Waals surface area (Å²) in [5, 5.41) is 0. The Morgan fingerprint density at radius 1 is 1.08 bits per heavy atom. The van der Waals surface area contributed by atoms with Crippen LogP contribution in [0.25, 0.3) is 0 Å². The summed E-state index contributed by atoms with van der Waals surface area (Å²) >= 11 is 0. The molecule has 0 nitrogen and oxygen atoms in total. The van der Waals surface area contributed by atoms with Crippen molar-refractivity contribution in [1.82, 2.24) is 0 Å². The first kappa shape index (κ1) is 16.7. The van der Waals surface area contributed by atoms with E-state index in [4.69, 9.17) is 0 Å². The normalized spacial score (nSPS) is 27.2. The van der Waals surface area contributed by atoms with Gasteiger partial charge in [-0.2, -0.15) is 6.42 Å². The van der Waals surface area contributed by atoms with E-state index < -0.39 is 0 Å². The van der Waals surface area contributed by atoms with Gasteiger partial charge >= 0.3 is 23.1 Å². The average Bonchev–Trinajstić information content (AvgIpc) is 2.07. The molecule has 0 heterocycles. The quantitative estimate of drug-likeness (QED) is 0.508. The van der Waals surface area contributed by atoms with Gasteiger partial charge in [-0.3, -0.25) is 0 Å². The van der Waals surface area contributed by atoms with E-state index in [1.165, 1.54) is 44.9 Å². The minimum absolute atomic E-state index is 0. The third-order valence-corrected chi connectivity index (χ3v) is 3.07. The van der Waals surface area contributed by atoms with E-state index >= 15 is 0 Å². The molecule has 0 radical (unpaired) electrons. The first-order chi connectivity index (χ1) is 5.36. The fourth-order valence-corrected chi connectivity index (χ4v) is 2.22. The summed E-state index contributed by atoms with van der Waals surface area (Å²) in [6.45, 7) is 6.28. The molecule has 0 N–H and O–H groups in total. The summed E-state index contributed by atoms with van der Waals surface area (Å²) in [5.74, 6) is 2.02. The predicted octanol–water partition coefficient (Wildman–Crippen LogP) is 0.440. The molecule has 0 aromatic heterocycles. The molecular weight excluding hydrogens is 236 g/mol. The Morgan fingerprint density at radius 3 is 1.92 bits per heavy atom. The van der Waals surface area contributed by atoms with Gasteiger partial charge in [0.2, 0.25) is 0 Å². The molecule has 0 atom stereocenters. The Bertz CT molecular complexity index is 98.3. The molecule has 2 heteroatoms. The van der Waals surface area contributed by atoms with E-state index in [0.29, 0.717) is 0 Å². The number of halogens is 1. The van der Waals surface area contributed by atoms with E-state index in [-0.39, 0.29) is 40.0 Å². The van der Waals surface area contributed by atoms with Gasteiger partial charge in [-0.05, 0) is 5.92 Å². The van der Waals surface area contributed by atoms with Gasteiger partial charge in [0.25, 0.3) is 0 Å². The minimum Gasteiger partial charge on any atom is -1.00 e. The first-order valence-corrected chi connectivity index (χ1v) is 5.16. The van der Waals surface area contributed by atoms with E-state index in [1.807, 2.05) is 0 Å². The van der Waals surface area contributed by atoms with Crippen molar-refractivity contribution in [3.8, 4) is 0 Å². The van der Waals surface area contributed by atoms with Crippen molar-refractivity contribution >= 4 is 23.1 Å². The first-order valence-electron chi connectivity index (χ1n) is 5.16. The zero-order valence-electron chi connectivity index (χ0n) is 8.90. The van der Waals surface area contributed by atoms with Crippen LogP contribution >= 0.6 is 0 Å². The van der Waals surface area contributed by atoms with Crippen LogP contribution < -0.4 is 17.0 Å². The van der Waals surface area contributed by atoms with Crippen LogP contribution in [0.5, 0.6) is 0 Å². The minimum atomic E-state index is 0. The number of rotatable bonds is 3. The molecule has 0 saturated heterocycles. The fourth-order valence-electron chi connectivity index (χ4n) is 2.22. The largest absolute Gasteiger partial charge is 2.00 e. The molecule has 0 spiro atoms. The Hall–Kier alpha value is 1.25. The SMILES string of the molecule is [Br-].[CH2-]CC1CCC(CCC)CC1.[Mg+2]. The van der Waals surface area contributed by atoms with E-state index in [1.54, 1.807) is 0 Å². The molecule has 0 bridgehead atoms. The Kier molecular flexibility index (Phi) is 12.5. The molecule has 0 unspecified atom stereocenters. The van der Waals surface area contributed by atoms with Crippen LogP contribution in [-0.2, 0) is 0 Å². The predicted molar refractivity (Wildman–Crippen MR) is 56.1 cm³/mol. The van der Waals surface area contributed by atoms with Gasteiger partial charge in [0.1, 0.15) is 0 Å². The van der Waals surface area contributed by atoms with Crippen molar-refractivity contribution < 1.29 is 17.0 Å². The van der Waals surface area contributed by atoms with Crippen molar-refractivity contribution in [2.45, 2.75) is 51.9 Å². The van der Waals surface area contributed by atoms with Crippen molar-refractivity contribution in [3.05, 3.63) is 6.92 Å². The maximum absolute atomic E-state index is 3.98. The number of hydrogen-bond acceptors (Lipinski definition) is 0. The van der Waals surface area contributed by atoms with Gasteiger partial charge in [-0.25, -0.2) is 0 Å². The summed E-state index contributed by atoms with van der Waals surface area (Å²) in [5.41, 5.74) is 0. The van der Waals surface area contributed by atoms with Crippen LogP contribution in [0.15, 0.2) is 0 Å². The van der Waals surface area contributed by atoms with Gasteiger partial charge < -0.3 is 23.9 Å². The smallest absolute Gasteiger partial charge is 1.00 e. The molecule has 1 aliphatic rings. The van der Waals surface area contributed by atoms with Crippen LogP contribution in [0.4, 0.5) is 0 Å². The summed E-state index contributed by atoms with van der Waals surface area (Å²) in [4.78, 5) is 0. The second kappa shape index (κ2) is 9.79. The standard InChI is InChI=1S/C11H21.BrH.Mg/c1-3-5-11-8-6-10(4-2)7-9-11;;/h10-11H,2-9H2,1H3;1H;/q-1;;+2/p-1. The molecule has 74 valence electrons. The van der Waals surface area contributed by atoms with Crippen LogP contribution in [-0.4, -0.2) is 23.1 Å². The topological polar surface area (TPSA) is 0 Å². The van der Waals surface area contributed by atoms with Gasteiger partial charge in [-0.15, -0.1) is 0 Å². The fraction of sp³-hybridized carbons (Fsp3) is 0.909.